The summed E-state index contributed by atoms with van der Waals surface area (Å²) in [5, 5.41) is 3.47. The van der Waals surface area contributed by atoms with E-state index in [1.54, 1.807) is 0 Å². The third kappa shape index (κ3) is 6.78. The summed E-state index contributed by atoms with van der Waals surface area (Å²) in [6.07, 6.45) is 4.63. The van der Waals surface area contributed by atoms with E-state index in [-0.39, 0.29) is 0 Å². The van der Waals surface area contributed by atoms with Crippen LogP contribution >= 0.6 is 11.8 Å². The molecule has 0 amide bonds. The highest BCUT2D eigenvalue weighted by molar-refractivity contribution is 7.98. The van der Waals surface area contributed by atoms with Crippen molar-refractivity contribution in [3.63, 3.8) is 0 Å². The van der Waals surface area contributed by atoms with E-state index in [1.165, 1.54) is 29.7 Å². The topological polar surface area (TPSA) is 15.3 Å². The van der Waals surface area contributed by atoms with Gasteiger partial charge >= 0.3 is 0 Å². The van der Waals surface area contributed by atoms with E-state index in [2.05, 4.69) is 61.6 Å². The van der Waals surface area contributed by atoms with Crippen molar-refractivity contribution in [3.05, 3.63) is 35.4 Å². The molecule has 1 rings (SSSR count). The average Bonchev–Trinajstić information content (AvgIpc) is 2.45. The molecule has 0 saturated heterocycles. The van der Waals surface area contributed by atoms with Gasteiger partial charge in [-0.1, -0.05) is 31.2 Å². The van der Waals surface area contributed by atoms with Crippen LogP contribution in [0.4, 0.5) is 0 Å². The molecule has 0 bridgehead atoms. The maximum Gasteiger partial charge on any atom is 0.0233 e. The molecule has 0 radical (unpaired) electrons. The SMILES string of the molecule is CCCNCc1cccc(CN(C)C(C)CCSC)c1. The molecule has 0 aromatic heterocycles. The number of hydrogen-bond donors (Lipinski definition) is 1. The zero-order valence-electron chi connectivity index (χ0n) is 13.5. The van der Waals surface area contributed by atoms with Crippen molar-refractivity contribution < 1.29 is 0 Å². The van der Waals surface area contributed by atoms with Gasteiger partial charge in [-0.3, -0.25) is 4.90 Å². The van der Waals surface area contributed by atoms with Gasteiger partial charge in [-0.05, 0) is 56.5 Å². The van der Waals surface area contributed by atoms with Crippen LogP contribution in [0.5, 0.6) is 0 Å². The molecule has 1 N–H and O–H groups in total. The minimum absolute atomic E-state index is 0.643. The van der Waals surface area contributed by atoms with Crippen molar-refractivity contribution in [1.29, 1.82) is 0 Å². The molecule has 114 valence electrons. The molecule has 20 heavy (non-hydrogen) atoms. The van der Waals surface area contributed by atoms with Gasteiger partial charge in [0.25, 0.3) is 0 Å². The highest BCUT2D eigenvalue weighted by atomic mass is 32.2. The normalized spacial score (nSPS) is 12.8. The molecule has 0 aliphatic heterocycles. The van der Waals surface area contributed by atoms with Gasteiger partial charge in [0, 0.05) is 19.1 Å². The average molecular weight is 295 g/mol. The minimum atomic E-state index is 0.643. The van der Waals surface area contributed by atoms with E-state index < -0.39 is 0 Å². The summed E-state index contributed by atoms with van der Waals surface area (Å²) in [6, 6.07) is 9.60. The largest absolute Gasteiger partial charge is 0.313 e. The van der Waals surface area contributed by atoms with Gasteiger partial charge in [0.1, 0.15) is 0 Å². The molecule has 1 unspecified atom stereocenters. The third-order valence-corrected chi connectivity index (χ3v) is 4.32. The number of nitrogens with one attached hydrogen (secondary N) is 1. The highest BCUT2D eigenvalue weighted by Crippen LogP contribution is 2.12. The summed E-state index contributed by atoms with van der Waals surface area (Å²) in [6.45, 7) is 7.64. The summed E-state index contributed by atoms with van der Waals surface area (Å²) in [7, 11) is 2.23. The van der Waals surface area contributed by atoms with Crippen LogP contribution in [0.3, 0.4) is 0 Å². The van der Waals surface area contributed by atoms with E-state index in [0.29, 0.717) is 6.04 Å². The second-order valence-electron chi connectivity index (χ2n) is 5.54. The Bertz CT molecular complexity index is 368. The van der Waals surface area contributed by atoms with Crippen LogP contribution in [-0.2, 0) is 13.1 Å². The fraction of sp³-hybridized carbons (Fsp3) is 0.647. The molecule has 0 heterocycles. The van der Waals surface area contributed by atoms with Gasteiger partial charge in [-0.2, -0.15) is 11.8 Å². The van der Waals surface area contributed by atoms with Crippen LogP contribution in [0, 0.1) is 0 Å². The van der Waals surface area contributed by atoms with Gasteiger partial charge in [-0.15, -0.1) is 0 Å². The molecule has 2 nitrogen and oxygen atoms in total. The molecule has 0 fully saturated rings. The van der Waals surface area contributed by atoms with E-state index in [0.717, 1.165) is 19.6 Å². The van der Waals surface area contributed by atoms with Gasteiger partial charge in [0.05, 0.1) is 0 Å². The predicted octanol–water partition coefficient (Wildman–Crippen LogP) is 3.76. The Morgan fingerprint density at radius 1 is 1.30 bits per heavy atom. The molecule has 1 atom stereocenters. The van der Waals surface area contributed by atoms with Gasteiger partial charge in [0.15, 0.2) is 0 Å². The zero-order chi connectivity index (χ0) is 14.8. The molecule has 0 saturated carbocycles. The molecular weight excluding hydrogens is 264 g/mol. The van der Waals surface area contributed by atoms with Crippen molar-refractivity contribution in [2.45, 2.75) is 45.8 Å². The van der Waals surface area contributed by atoms with Gasteiger partial charge in [-0.25, -0.2) is 0 Å². The Morgan fingerprint density at radius 3 is 2.75 bits per heavy atom. The predicted molar refractivity (Wildman–Crippen MR) is 92.4 cm³/mol. The van der Waals surface area contributed by atoms with Crippen molar-refractivity contribution in [2.75, 3.05) is 25.6 Å². The molecule has 0 spiro atoms. The van der Waals surface area contributed by atoms with Crippen LogP contribution in [-0.4, -0.2) is 36.5 Å². The maximum atomic E-state index is 3.47. The summed E-state index contributed by atoms with van der Waals surface area (Å²) in [5.41, 5.74) is 2.81. The molecule has 3 heteroatoms. The fourth-order valence-electron chi connectivity index (χ4n) is 2.20. The van der Waals surface area contributed by atoms with Crippen LogP contribution in [0.2, 0.25) is 0 Å². The molecule has 1 aromatic rings. The molecular formula is C17H30N2S. The van der Waals surface area contributed by atoms with Crippen LogP contribution in [0.15, 0.2) is 24.3 Å². The lowest BCUT2D eigenvalue weighted by Crippen LogP contribution is -2.29. The molecule has 0 aliphatic carbocycles. The van der Waals surface area contributed by atoms with E-state index in [9.17, 15) is 0 Å². The standard InChI is InChI=1S/C17H30N2S/c1-5-10-18-13-16-7-6-8-17(12-16)14-19(3)15(2)9-11-20-4/h6-8,12,15,18H,5,9-11,13-14H2,1-4H3. The number of rotatable bonds is 10. The maximum absolute atomic E-state index is 3.47. The van der Waals surface area contributed by atoms with Crippen LogP contribution in [0.25, 0.3) is 0 Å². The van der Waals surface area contributed by atoms with E-state index in [4.69, 9.17) is 0 Å². The van der Waals surface area contributed by atoms with Crippen molar-refractivity contribution in [2.24, 2.45) is 0 Å². The second-order valence-corrected chi connectivity index (χ2v) is 6.53. The summed E-state index contributed by atoms with van der Waals surface area (Å²) in [4.78, 5) is 2.45. The number of hydrogen-bond acceptors (Lipinski definition) is 3. The van der Waals surface area contributed by atoms with Gasteiger partial charge < -0.3 is 5.32 Å². The molecule has 0 aliphatic rings. The van der Waals surface area contributed by atoms with Crippen molar-refractivity contribution in [3.8, 4) is 0 Å². The third-order valence-electron chi connectivity index (χ3n) is 3.67. The Labute approximate surface area is 129 Å². The fourth-order valence-corrected chi connectivity index (χ4v) is 2.78. The Kier molecular flexibility index (Phi) is 8.99. The first-order valence-corrected chi connectivity index (χ1v) is 9.04. The summed E-state index contributed by atoms with van der Waals surface area (Å²) in [5.74, 6) is 1.24. The van der Waals surface area contributed by atoms with Crippen molar-refractivity contribution in [1.82, 2.24) is 10.2 Å². The first-order chi connectivity index (χ1) is 9.67. The Balaban J connectivity index is 2.48. The minimum Gasteiger partial charge on any atom is -0.313 e. The number of nitrogens with zero attached hydrogens (tertiary/aromatic N) is 1. The first kappa shape index (κ1) is 17.5. The lowest BCUT2D eigenvalue weighted by Gasteiger charge is -2.24. The second kappa shape index (κ2) is 10.3. The lowest BCUT2D eigenvalue weighted by molar-refractivity contribution is 0.245. The number of thioether (sulfide) groups is 1. The van der Waals surface area contributed by atoms with Gasteiger partial charge in [0.2, 0.25) is 0 Å². The van der Waals surface area contributed by atoms with Crippen molar-refractivity contribution >= 4 is 11.8 Å². The van der Waals surface area contributed by atoms with Crippen LogP contribution in [0.1, 0.15) is 37.8 Å². The molecule has 1 aromatic carbocycles. The van der Waals surface area contributed by atoms with E-state index in [1.807, 2.05) is 11.8 Å². The quantitative estimate of drug-likeness (QED) is 0.662. The summed E-state index contributed by atoms with van der Waals surface area (Å²) < 4.78 is 0. The van der Waals surface area contributed by atoms with E-state index >= 15 is 0 Å². The lowest BCUT2D eigenvalue weighted by atomic mass is 10.1. The highest BCUT2D eigenvalue weighted by Gasteiger charge is 2.09. The summed E-state index contributed by atoms with van der Waals surface area (Å²) >= 11 is 1.93. The Morgan fingerprint density at radius 2 is 2.05 bits per heavy atom. The first-order valence-electron chi connectivity index (χ1n) is 7.65. The zero-order valence-corrected chi connectivity index (χ0v) is 14.3. The monoisotopic (exact) mass is 294 g/mol. The van der Waals surface area contributed by atoms with Crippen LogP contribution < -0.4 is 5.32 Å². The number of benzene rings is 1. The smallest absolute Gasteiger partial charge is 0.0233 e. The Hall–Kier alpha value is -0.510.